The third kappa shape index (κ3) is 5.33. The quantitative estimate of drug-likeness (QED) is 0.194. The molecule has 8 nitrogen and oxygen atoms in total. The van der Waals surface area contributed by atoms with Crippen LogP contribution in [0.2, 0.25) is 0 Å². The van der Waals surface area contributed by atoms with E-state index >= 15 is 0 Å². The number of nitrogens with zero attached hydrogens (tertiary/aromatic N) is 1. The molecule has 2 aromatic rings. The topological polar surface area (TPSA) is 139 Å². The summed E-state index contributed by atoms with van der Waals surface area (Å²) in [6, 6.07) is 13.0. The van der Waals surface area contributed by atoms with Gasteiger partial charge in [0.1, 0.15) is 5.75 Å². The second kappa shape index (κ2) is 11.7. The minimum absolute atomic E-state index is 0.158. The number of aromatic hydroxyl groups is 1. The van der Waals surface area contributed by atoms with Crippen LogP contribution in [0.25, 0.3) is 6.08 Å². The average Bonchev–Trinajstić information content (AvgIpc) is 3.15. The highest BCUT2D eigenvalue weighted by Crippen LogP contribution is 2.47. The Hall–Kier alpha value is -3.24. The van der Waals surface area contributed by atoms with Crippen LogP contribution in [0.15, 0.2) is 65.3 Å². The number of para-hydroxylation sites is 1. The Morgan fingerprint density at radius 3 is 2.53 bits per heavy atom. The molecule has 1 aliphatic heterocycles. The molecule has 0 aromatic heterocycles. The van der Waals surface area contributed by atoms with Gasteiger partial charge in [-0.3, -0.25) is 14.5 Å². The molecule has 1 saturated heterocycles. The lowest BCUT2D eigenvalue weighted by molar-refractivity contribution is -0.123. The minimum Gasteiger partial charge on any atom is -0.507 e. The molecule has 9 heteroatoms. The molecule has 0 saturated carbocycles. The molecular weight excluding hydrogens is 485 g/mol. The summed E-state index contributed by atoms with van der Waals surface area (Å²) in [5, 5.41) is 50.8. The normalized spacial score (nSPS) is 22.6. The van der Waals surface area contributed by atoms with E-state index in [1.165, 1.54) is 12.1 Å². The van der Waals surface area contributed by atoms with Gasteiger partial charge in [0.05, 0.1) is 30.2 Å². The maximum absolute atomic E-state index is 13.6. The van der Waals surface area contributed by atoms with Gasteiger partial charge >= 0.3 is 7.12 Å². The van der Waals surface area contributed by atoms with Crippen molar-refractivity contribution in [2.75, 3.05) is 11.5 Å². The number of anilines is 1. The van der Waals surface area contributed by atoms with Crippen molar-refractivity contribution >= 4 is 36.2 Å². The molecule has 38 heavy (non-hydrogen) atoms. The third-order valence-electron chi connectivity index (χ3n) is 7.80. The number of carbonyl (C=O) groups is 2. The number of carbonyl (C=O) groups excluding carboxylic acids is 2. The maximum Gasteiger partial charge on any atom is 0.488 e. The molecule has 0 unspecified atom stereocenters. The van der Waals surface area contributed by atoms with Gasteiger partial charge < -0.3 is 25.4 Å². The van der Waals surface area contributed by atoms with Crippen molar-refractivity contribution in [1.29, 1.82) is 0 Å². The van der Waals surface area contributed by atoms with Gasteiger partial charge in [0.2, 0.25) is 11.8 Å². The Balaban J connectivity index is 1.56. The first-order valence-electron chi connectivity index (χ1n) is 13.0. The van der Waals surface area contributed by atoms with E-state index in [0.29, 0.717) is 30.4 Å². The van der Waals surface area contributed by atoms with Gasteiger partial charge in [-0.15, -0.1) is 0 Å². The number of imide groups is 1. The Kier molecular flexibility index (Phi) is 8.52. The standard InChI is InChI=1S/C29H34BNO7/c1-3-18(14-19-7-4-5-10-24(19)33)11-12-25(34)26-17(2)13-22-27(23(26)16-32)29(36)31(28(22)35)21-9-6-8-20(15-21)30(37)38/h4-10,14-15,22-23,25,27,32-34,37-38H,3,11-13,16H2,1-2H3/b18-14+/t22-,23+,25-,27-/m1/s1. The van der Waals surface area contributed by atoms with E-state index in [2.05, 4.69) is 0 Å². The zero-order valence-corrected chi connectivity index (χ0v) is 21.6. The summed E-state index contributed by atoms with van der Waals surface area (Å²) < 4.78 is 0. The van der Waals surface area contributed by atoms with Crippen molar-refractivity contribution in [1.82, 2.24) is 0 Å². The monoisotopic (exact) mass is 519 g/mol. The molecule has 4 atom stereocenters. The van der Waals surface area contributed by atoms with Crippen LogP contribution >= 0.6 is 0 Å². The van der Waals surface area contributed by atoms with Crippen LogP contribution in [0.4, 0.5) is 5.69 Å². The molecule has 200 valence electrons. The van der Waals surface area contributed by atoms with Crippen molar-refractivity contribution in [3.8, 4) is 5.75 Å². The van der Waals surface area contributed by atoms with Gasteiger partial charge in [0.15, 0.2) is 0 Å². The summed E-state index contributed by atoms with van der Waals surface area (Å²) in [7, 11) is -1.74. The summed E-state index contributed by atoms with van der Waals surface area (Å²) in [5.41, 5.74) is 3.56. The van der Waals surface area contributed by atoms with Crippen LogP contribution in [0.3, 0.4) is 0 Å². The smallest absolute Gasteiger partial charge is 0.488 e. The van der Waals surface area contributed by atoms with Crippen LogP contribution in [0, 0.1) is 17.8 Å². The number of aliphatic hydroxyl groups is 2. The first kappa shape index (κ1) is 27.8. The average molecular weight is 519 g/mol. The number of allylic oxidation sites excluding steroid dienone is 2. The summed E-state index contributed by atoms with van der Waals surface area (Å²) in [6.07, 6.45) is 2.97. The Morgan fingerprint density at radius 1 is 1.13 bits per heavy atom. The summed E-state index contributed by atoms with van der Waals surface area (Å²) in [5.74, 6) is -2.85. The van der Waals surface area contributed by atoms with Gasteiger partial charge in [0, 0.05) is 11.5 Å². The van der Waals surface area contributed by atoms with Gasteiger partial charge in [-0.1, -0.05) is 54.5 Å². The van der Waals surface area contributed by atoms with E-state index in [-0.39, 0.29) is 23.5 Å². The molecule has 0 spiro atoms. The lowest BCUT2D eigenvalue weighted by Gasteiger charge is -2.35. The largest absolute Gasteiger partial charge is 0.507 e. The summed E-state index contributed by atoms with van der Waals surface area (Å²) in [6.45, 7) is 3.45. The van der Waals surface area contributed by atoms with Crippen LogP contribution in [0.1, 0.15) is 45.1 Å². The van der Waals surface area contributed by atoms with Crippen LogP contribution in [-0.4, -0.2) is 57.0 Å². The number of hydrogen-bond acceptors (Lipinski definition) is 7. The SMILES string of the molecule is CC/C(=C\c1ccccc1O)CC[C@@H](O)C1=C(C)C[C@H]2C(=O)N(c3cccc(B(O)O)c3)C(=O)[C@H]2[C@H]1CO. The molecular formula is C29H34BNO7. The Labute approximate surface area is 222 Å². The number of aliphatic hydroxyl groups excluding tert-OH is 2. The zero-order chi connectivity index (χ0) is 27.6. The van der Waals surface area contributed by atoms with Crippen molar-refractivity contribution in [2.24, 2.45) is 17.8 Å². The molecule has 1 aliphatic carbocycles. The van der Waals surface area contributed by atoms with E-state index in [4.69, 9.17) is 0 Å². The molecule has 0 bridgehead atoms. The highest BCUT2D eigenvalue weighted by Gasteiger charge is 2.54. The summed E-state index contributed by atoms with van der Waals surface area (Å²) in [4.78, 5) is 28.0. The molecule has 4 rings (SSSR count). The highest BCUT2D eigenvalue weighted by atomic mass is 16.4. The fraction of sp³-hybridized carbons (Fsp3) is 0.379. The summed E-state index contributed by atoms with van der Waals surface area (Å²) >= 11 is 0. The van der Waals surface area contributed by atoms with Crippen molar-refractivity contribution < 1.29 is 35.0 Å². The van der Waals surface area contributed by atoms with Gasteiger partial charge in [-0.05, 0) is 61.8 Å². The van der Waals surface area contributed by atoms with Crippen molar-refractivity contribution in [2.45, 2.75) is 45.6 Å². The molecule has 2 aromatic carbocycles. The van der Waals surface area contributed by atoms with E-state index in [0.717, 1.165) is 22.5 Å². The zero-order valence-electron chi connectivity index (χ0n) is 21.6. The first-order valence-corrected chi connectivity index (χ1v) is 13.0. The van der Waals surface area contributed by atoms with Crippen molar-refractivity contribution in [3.05, 3.63) is 70.8 Å². The van der Waals surface area contributed by atoms with Gasteiger partial charge in [-0.2, -0.15) is 0 Å². The second-order valence-electron chi connectivity index (χ2n) is 10.1. The lowest BCUT2D eigenvalue weighted by Crippen LogP contribution is -2.39. The maximum atomic E-state index is 13.6. The molecule has 0 radical (unpaired) electrons. The Bertz CT molecular complexity index is 1270. The first-order chi connectivity index (χ1) is 18.2. The lowest BCUT2D eigenvalue weighted by atomic mass is 9.68. The molecule has 5 N–H and O–H groups in total. The highest BCUT2D eigenvalue weighted by molar-refractivity contribution is 6.58. The minimum atomic E-state index is -1.74. The molecule has 1 heterocycles. The number of benzene rings is 2. The number of fused-ring (bicyclic) bond motifs is 1. The number of hydrogen-bond donors (Lipinski definition) is 5. The van der Waals surface area contributed by atoms with E-state index in [1.807, 2.05) is 32.1 Å². The predicted molar refractivity (Wildman–Crippen MR) is 145 cm³/mol. The molecule has 2 amide bonds. The van der Waals surface area contributed by atoms with Crippen LogP contribution in [-0.2, 0) is 9.59 Å². The molecule has 2 aliphatic rings. The van der Waals surface area contributed by atoms with Crippen LogP contribution in [0.5, 0.6) is 5.75 Å². The Morgan fingerprint density at radius 2 is 1.87 bits per heavy atom. The number of phenolic OH excluding ortho intramolecular Hbond substituents is 1. The van der Waals surface area contributed by atoms with E-state index in [9.17, 15) is 35.0 Å². The van der Waals surface area contributed by atoms with E-state index in [1.54, 1.807) is 24.3 Å². The van der Waals surface area contributed by atoms with Crippen LogP contribution < -0.4 is 10.4 Å². The van der Waals surface area contributed by atoms with Gasteiger partial charge in [-0.25, -0.2) is 0 Å². The predicted octanol–water partition coefficient (Wildman–Crippen LogP) is 2.14. The second-order valence-corrected chi connectivity index (χ2v) is 10.1. The van der Waals surface area contributed by atoms with Gasteiger partial charge in [0.25, 0.3) is 0 Å². The number of phenols is 1. The fourth-order valence-electron chi connectivity index (χ4n) is 5.85. The van der Waals surface area contributed by atoms with Crippen molar-refractivity contribution in [3.63, 3.8) is 0 Å². The number of amides is 2. The third-order valence-corrected chi connectivity index (χ3v) is 7.80. The van der Waals surface area contributed by atoms with E-state index < -0.39 is 42.8 Å². The number of rotatable bonds is 9. The molecule has 1 fully saturated rings. The fourth-order valence-corrected chi connectivity index (χ4v) is 5.85.